The van der Waals surface area contributed by atoms with Gasteiger partial charge < -0.3 is 0 Å². The quantitative estimate of drug-likeness (QED) is 0.224. The van der Waals surface area contributed by atoms with Crippen LogP contribution in [0.3, 0.4) is 0 Å². The summed E-state index contributed by atoms with van der Waals surface area (Å²) in [6.45, 7) is 0. The van der Waals surface area contributed by atoms with Gasteiger partial charge in [-0.1, -0.05) is 103 Å². The van der Waals surface area contributed by atoms with Crippen molar-refractivity contribution in [3.63, 3.8) is 0 Å². The molecule has 194 valence electrons. The van der Waals surface area contributed by atoms with Crippen LogP contribution in [0.15, 0.2) is 133 Å². The number of fused-ring (bicyclic) bond motifs is 1. The molecule has 0 aliphatic heterocycles. The first-order valence-corrected chi connectivity index (χ1v) is 13.2. The average Bonchev–Trinajstić information content (AvgIpc) is 3.05. The predicted octanol–water partition coefficient (Wildman–Crippen LogP) is 8.29. The fourth-order valence-electron chi connectivity index (χ4n) is 4.77. The molecule has 0 aliphatic carbocycles. The largest absolute Gasteiger partial charge is 0.244 e. The summed E-state index contributed by atoms with van der Waals surface area (Å²) < 4.78 is 15.6. The van der Waals surface area contributed by atoms with Crippen LogP contribution in [0.5, 0.6) is 0 Å². The second kappa shape index (κ2) is 10.5. The summed E-state index contributed by atoms with van der Waals surface area (Å²) in [6.07, 6.45) is 0. The van der Waals surface area contributed by atoms with E-state index >= 15 is 4.39 Å². The lowest BCUT2D eigenvalue weighted by Gasteiger charge is -2.13. The molecule has 0 bridgehead atoms. The summed E-state index contributed by atoms with van der Waals surface area (Å²) in [5, 5.41) is 0. The molecule has 41 heavy (non-hydrogen) atoms. The van der Waals surface area contributed by atoms with E-state index in [1.54, 1.807) is 12.1 Å². The van der Waals surface area contributed by atoms with Crippen molar-refractivity contribution in [2.75, 3.05) is 0 Å². The maximum absolute atomic E-state index is 15.6. The third-order valence-corrected chi connectivity index (χ3v) is 6.80. The van der Waals surface area contributed by atoms with Gasteiger partial charge in [0.15, 0.2) is 17.5 Å². The molecule has 7 rings (SSSR count). The summed E-state index contributed by atoms with van der Waals surface area (Å²) in [5.41, 5.74) is 6.43. The van der Waals surface area contributed by atoms with Gasteiger partial charge in [-0.2, -0.15) is 0 Å². The molecule has 2 aromatic heterocycles. The first-order valence-electron chi connectivity index (χ1n) is 13.2. The van der Waals surface area contributed by atoms with Crippen molar-refractivity contribution < 1.29 is 4.39 Å². The molecule has 5 aromatic carbocycles. The molecule has 0 spiro atoms. The van der Waals surface area contributed by atoms with E-state index in [1.807, 2.05) is 115 Å². The SMILES string of the molecule is Fc1ccc(-c2nc3ccccc3nc2-c2ccccc2)cc1-c1nc(-c2ccccc2)nc(-c2ccccc2)n1. The lowest BCUT2D eigenvalue weighted by molar-refractivity contribution is 0.630. The lowest BCUT2D eigenvalue weighted by Crippen LogP contribution is -2.02. The van der Waals surface area contributed by atoms with Crippen molar-refractivity contribution >= 4 is 11.0 Å². The molecule has 0 radical (unpaired) electrons. The van der Waals surface area contributed by atoms with Gasteiger partial charge in [0.1, 0.15) is 5.82 Å². The zero-order chi connectivity index (χ0) is 27.6. The molecule has 5 nitrogen and oxygen atoms in total. The Bertz CT molecular complexity index is 1940. The molecule has 0 saturated carbocycles. The van der Waals surface area contributed by atoms with E-state index < -0.39 is 5.82 Å². The Morgan fingerprint density at radius 3 is 1.34 bits per heavy atom. The van der Waals surface area contributed by atoms with E-state index in [0.29, 0.717) is 28.6 Å². The molecule has 0 saturated heterocycles. The average molecular weight is 532 g/mol. The van der Waals surface area contributed by atoms with Crippen LogP contribution in [-0.2, 0) is 0 Å². The fourth-order valence-corrected chi connectivity index (χ4v) is 4.77. The molecule has 0 aliphatic rings. The van der Waals surface area contributed by atoms with Crippen molar-refractivity contribution in [3.05, 3.63) is 139 Å². The number of hydrogen-bond acceptors (Lipinski definition) is 5. The highest BCUT2D eigenvalue weighted by molar-refractivity contribution is 5.87. The smallest absolute Gasteiger partial charge is 0.167 e. The Kier molecular flexibility index (Phi) is 6.26. The highest BCUT2D eigenvalue weighted by Gasteiger charge is 2.19. The second-order valence-electron chi connectivity index (χ2n) is 9.51. The number of benzene rings is 5. The standard InChI is InChI=1S/C35H22FN5/c36-28-21-20-26(32-31(23-12-4-1-5-13-23)37-29-18-10-11-19-30(29)38-32)22-27(28)35-40-33(24-14-6-2-7-15-24)39-34(41-35)25-16-8-3-9-17-25/h1-22H. The maximum Gasteiger partial charge on any atom is 0.167 e. The first-order chi connectivity index (χ1) is 20.2. The van der Waals surface area contributed by atoms with Gasteiger partial charge in [0.2, 0.25) is 0 Å². The van der Waals surface area contributed by atoms with E-state index in [0.717, 1.165) is 27.7 Å². The van der Waals surface area contributed by atoms with Crippen LogP contribution < -0.4 is 0 Å². The minimum atomic E-state index is -0.437. The summed E-state index contributed by atoms with van der Waals surface area (Å²) in [5.74, 6) is 0.740. The second-order valence-corrected chi connectivity index (χ2v) is 9.51. The summed E-state index contributed by atoms with van der Waals surface area (Å²) in [4.78, 5) is 24.1. The summed E-state index contributed by atoms with van der Waals surface area (Å²) >= 11 is 0. The Hall–Kier alpha value is -5.62. The molecule has 6 heteroatoms. The zero-order valence-corrected chi connectivity index (χ0v) is 21.8. The molecule has 0 amide bonds. The third kappa shape index (κ3) is 4.83. The first kappa shape index (κ1) is 24.4. The number of aromatic nitrogens is 5. The van der Waals surface area contributed by atoms with Crippen molar-refractivity contribution in [2.45, 2.75) is 0 Å². The van der Waals surface area contributed by atoms with Gasteiger partial charge in [0.25, 0.3) is 0 Å². The van der Waals surface area contributed by atoms with E-state index in [2.05, 4.69) is 0 Å². The maximum atomic E-state index is 15.6. The minimum Gasteiger partial charge on any atom is -0.244 e. The van der Waals surface area contributed by atoms with E-state index in [1.165, 1.54) is 6.07 Å². The van der Waals surface area contributed by atoms with Gasteiger partial charge in [-0.05, 0) is 30.3 Å². The summed E-state index contributed by atoms with van der Waals surface area (Å²) in [7, 11) is 0. The van der Waals surface area contributed by atoms with Crippen LogP contribution in [-0.4, -0.2) is 24.9 Å². The van der Waals surface area contributed by atoms with Crippen molar-refractivity contribution in [1.82, 2.24) is 24.9 Å². The topological polar surface area (TPSA) is 64.5 Å². The molecular formula is C35H22FN5. The molecule has 0 unspecified atom stereocenters. The van der Waals surface area contributed by atoms with Crippen molar-refractivity contribution in [2.24, 2.45) is 0 Å². The van der Waals surface area contributed by atoms with Gasteiger partial charge in [-0.15, -0.1) is 0 Å². The third-order valence-electron chi connectivity index (χ3n) is 6.80. The highest BCUT2D eigenvalue weighted by atomic mass is 19.1. The molecule has 0 fully saturated rings. The van der Waals surface area contributed by atoms with Gasteiger partial charge in [0, 0.05) is 22.3 Å². The molecule has 0 N–H and O–H groups in total. The fraction of sp³-hybridized carbons (Fsp3) is 0. The number of nitrogens with zero attached hydrogens (tertiary/aromatic N) is 5. The number of hydrogen-bond donors (Lipinski definition) is 0. The van der Waals surface area contributed by atoms with Crippen LogP contribution in [0.25, 0.3) is 67.7 Å². The van der Waals surface area contributed by atoms with Gasteiger partial charge in [0.05, 0.1) is 28.0 Å². The van der Waals surface area contributed by atoms with E-state index in [4.69, 9.17) is 24.9 Å². The van der Waals surface area contributed by atoms with Crippen LogP contribution in [0.2, 0.25) is 0 Å². The zero-order valence-electron chi connectivity index (χ0n) is 21.8. The monoisotopic (exact) mass is 531 g/mol. The Morgan fingerprint density at radius 2 is 0.805 bits per heavy atom. The Morgan fingerprint density at radius 1 is 0.366 bits per heavy atom. The van der Waals surface area contributed by atoms with Crippen LogP contribution in [0.4, 0.5) is 4.39 Å². The Balaban J connectivity index is 1.44. The summed E-state index contributed by atoms with van der Waals surface area (Å²) in [6, 6.07) is 41.8. The molecule has 2 heterocycles. The number of halogens is 1. The molecular weight excluding hydrogens is 509 g/mol. The van der Waals surface area contributed by atoms with E-state index in [9.17, 15) is 0 Å². The minimum absolute atomic E-state index is 0.243. The molecule has 7 aromatic rings. The van der Waals surface area contributed by atoms with Gasteiger partial charge in [-0.3, -0.25) is 0 Å². The van der Waals surface area contributed by atoms with Gasteiger partial charge in [-0.25, -0.2) is 29.3 Å². The van der Waals surface area contributed by atoms with Crippen molar-refractivity contribution in [3.8, 4) is 56.7 Å². The highest BCUT2D eigenvalue weighted by Crippen LogP contribution is 2.34. The van der Waals surface area contributed by atoms with Crippen LogP contribution in [0, 0.1) is 5.82 Å². The number of rotatable bonds is 5. The number of para-hydroxylation sites is 2. The lowest BCUT2D eigenvalue weighted by atomic mass is 10.0. The predicted molar refractivity (Wildman–Crippen MR) is 160 cm³/mol. The Labute approximate surface area is 236 Å². The van der Waals surface area contributed by atoms with Gasteiger partial charge >= 0.3 is 0 Å². The van der Waals surface area contributed by atoms with E-state index in [-0.39, 0.29) is 11.4 Å². The normalized spacial score (nSPS) is 11.0. The van der Waals surface area contributed by atoms with Crippen LogP contribution in [0.1, 0.15) is 0 Å². The van der Waals surface area contributed by atoms with Crippen molar-refractivity contribution in [1.29, 1.82) is 0 Å². The molecule has 0 atom stereocenters. The van der Waals surface area contributed by atoms with Crippen LogP contribution >= 0.6 is 0 Å².